The Morgan fingerprint density at radius 3 is 2.76 bits per heavy atom. The molecule has 0 spiro atoms. The Morgan fingerprint density at radius 1 is 1.32 bits per heavy atom. The fraction of sp³-hybridized carbons (Fsp3) is 0.320. The molecule has 1 saturated heterocycles. The molecule has 0 radical (unpaired) electrons. The third-order valence-corrected chi connectivity index (χ3v) is 6.07. The second-order valence-electron chi connectivity index (χ2n) is 9.06. The van der Waals surface area contributed by atoms with Gasteiger partial charge in [0, 0.05) is 52.6 Å². The lowest BCUT2D eigenvalue weighted by molar-refractivity contribution is -0.115. The van der Waals surface area contributed by atoms with Crippen molar-refractivity contribution < 1.29 is 4.79 Å². The number of hydrogen-bond acceptors (Lipinski definition) is 6. The topological polar surface area (TPSA) is 86.6 Å². The van der Waals surface area contributed by atoms with Crippen molar-refractivity contribution in [1.29, 1.82) is 0 Å². The van der Waals surface area contributed by atoms with Gasteiger partial charge in [0.25, 0.3) is 5.91 Å². The molecule has 1 aliphatic heterocycles. The maximum absolute atomic E-state index is 12.2. The molecule has 1 fully saturated rings. The number of nitrogens with one attached hydrogen (secondary N) is 3. The van der Waals surface area contributed by atoms with E-state index in [2.05, 4.69) is 60.5 Å². The van der Waals surface area contributed by atoms with E-state index in [1.54, 1.807) is 10.7 Å². The van der Waals surface area contributed by atoms with Gasteiger partial charge < -0.3 is 20.9 Å². The third kappa shape index (κ3) is 5.24. The summed E-state index contributed by atoms with van der Waals surface area (Å²) in [5.74, 6) is 1.77. The highest BCUT2D eigenvalue weighted by molar-refractivity contribution is 6.30. The largest absolute Gasteiger partial charge is 0.368 e. The first-order valence-electron chi connectivity index (χ1n) is 11.2. The number of rotatable bonds is 8. The highest BCUT2D eigenvalue weighted by Crippen LogP contribution is 2.26. The number of aromatic nitrogens is 3. The Hall–Kier alpha value is -3.36. The molecule has 1 aliphatic rings. The van der Waals surface area contributed by atoms with Crippen LogP contribution in [0.1, 0.15) is 25.8 Å². The zero-order valence-electron chi connectivity index (χ0n) is 19.9. The molecular formula is C25H30ClN7O. The van der Waals surface area contributed by atoms with E-state index in [0.717, 1.165) is 23.6 Å². The minimum Gasteiger partial charge on any atom is -0.368 e. The van der Waals surface area contributed by atoms with Gasteiger partial charge in [-0.25, -0.2) is 4.98 Å². The number of carbonyl (C=O) groups excluding carboxylic acids is 1. The van der Waals surface area contributed by atoms with Gasteiger partial charge in [0.2, 0.25) is 0 Å². The van der Waals surface area contributed by atoms with Crippen LogP contribution in [0.2, 0.25) is 5.02 Å². The Morgan fingerprint density at radius 2 is 2.12 bits per heavy atom. The third-order valence-electron chi connectivity index (χ3n) is 5.84. The van der Waals surface area contributed by atoms with Crippen LogP contribution in [0.15, 0.2) is 54.4 Å². The number of nitrogens with zero attached hydrogens (tertiary/aromatic N) is 4. The summed E-state index contributed by atoms with van der Waals surface area (Å²) in [4.78, 5) is 19.2. The molecule has 3 aromatic rings. The SMILES string of the molecule is C=C1C/C(=C\c2cnn3c(NCC(C(C)C)N(C)C)cc(Nc4cccc(Cl)c4)nc23)C(=O)N1. The number of anilines is 3. The van der Waals surface area contributed by atoms with Crippen molar-refractivity contribution in [2.24, 2.45) is 5.92 Å². The molecular weight excluding hydrogens is 450 g/mol. The van der Waals surface area contributed by atoms with Crippen molar-refractivity contribution in [3.05, 3.63) is 65.0 Å². The minimum atomic E-state index is -0.137. The van der Waals surface area contributed by atoms with Crippen molar-refractivity contribution in [2.75, 3.05) is 31.3 Å². The monoisotopic (exact) mass is 479 g/mol. The van der Waals surface area contributed by atoms with Gasteiger partial charge in [0.05, 0.1) is 6.20 Å². The van der Waals surface area contributed by atoms with E-state index >= 15 is 0 Å². The van der Waals surface area contributed by atoms with Crippen molar-refractivity contribution in [3.63, 3.8) is 0 Å². The Kier molecular flexibility index (Phi) is 6.90. The fourth-order valence-electron chi connectivity index (χ4n) is 4.11. The standard InChI is InChI=1S/C25H30ClN7O/c1-15(2)21(32(4)5)14-27-23-12-22(30-20-8-6-7-19(26)11-20)31-24-18(13-28-33(23)24)10-17-9-16(3)29-25(17)34/h6-8,10-13,15,21,27H,3,9,14H2,1-2,4-5H3,(H,29,34)(H,30,31)/b17-10+. The molecule has 0 saturated carbocycles. The van der Waals surface area contributed by atoms with Crippen LogP contribution >= 0.6 is 11.6 Å². The number of carbonyl (C=O) groups is 1. The Bertz CT molecular complexity index is 1250. The van der Waals surface area contributed by atoms with E-state index in [0.29, 0.717) is 46.1 Å². The summed E-state index contributed by atoms with van der Waals surface area (Å²) in [5, 5.41) is 14.8. The number of amides is 1. The summed E-state index contributed by atoms with van der Waals surface area (Å²) in [5.41, 5.74) is 3.55. The predicted molar refractivity (Wildman–Crippen MR) is 138 cm³/mol. The Balaban J connectivity index is 1.74. The van der Waals surface area contributed by atoms with Crippen LogP contribution in [-0.4, -0.2) is 52.1 Å². The molecule has 4 rings (SSSR count). The normalized spacial score (nSPS) is 16.0. The van der Waals surface area contributed by atoms with Crippen molar-refractivity contribution in [1.82, 2.24) is 24.8 Å². The molecule has 9 heteroatoms. The maximum Gasteiger partial charge on any atom is 0.251 e. The van der Waals surface area contributed by atoms with E-state index in [-0.39, 0.29) is 5.91 Å². The first-order valence-corrected chi connectivity index (χ1v) is 11.6. The fourth-order valence-corrected chi connectivity index (χ4v) is 4.30. The van der Waals surface area contributed by atoms with Gasteiger partial charge in [0.15, 0.2) is 5.65 Å². The van der Waals surface area contributed by atoms with E-state index in [9.17, 15) is 4.79 Å². The molecule has 3 heterocycles. The van der Waals surface area contributed by atoms with Gasteiger partial charge in [-0.3, -0.25) is 4.79 Å². The zero-order chi connectivity index (χ0) is 24.4. The smallest absolute Gasteiger partial charge is 0.251 e. The number of benzene rings is 1. The first-order chi connectivity index (χ1) is 16.2. The molecule has 1 unspecified atom stereocenters. The summed E-state index contributed by atoms with van der Waals surface area (Å²) in [6.07, 6.45) is 4.04. The van der Waals surface area contributed by atoms with Crippen molar-refractivity contribution in [3.8, 4) is 0 Å². The van der Waals surface area contributed by atoms with Crippen molar-refractivity contribution >= 4 is 46.6 Å². The molecule has 1 atom stereocenters. The average Bonchev–Trinajstić information content (AvgIpc) is 3.30. The van der Waals surface area contributed by atoms with E-state index in [1.165, 1.54) is 0 Å². The highest BCUT2D eigenvalue weighted by atomic mass is 35.5. The second kappa shape index (κ2) is 9.87. The molecule has 3 N–H and O–H groups in total. The van der Waals surface area contributed by atoms with Crippen LogP contribution in [0, 0.1) is 5.92 Å². The number of likely N-dealkylation sites (N-methyl/N-ethyl adjacent to an activating group) is 1. The zero-order valence-corrected chi connectivity index (χ0v) is 20.6. The molecule has 1 aromatic carbocycles. The summed E-state index contributed by atoms with van der Waals surface area (Å²) in [7, 11) is 4.17. The second-order valence-corrected chi connectivity index (χ2v) is 9.49. The minimum absolute atomic E-state index is 0.137. The van der Waals surface area contributed by atoms with Gasteiger partial charge in [-0.15, -0.1) is 0 Å². The van der Waals surface area contributed by atoms with Gasteiger partial charge in [-0.2, -0.15) is 9.61 Å². The number of allylic oxidation sites excluding steroid dienone is 1. The van der Waals surface area contributed by atoms with Gasteiger partial charge in [0.1, 0.15) is 11.6 Å². The van der Waals surface area contributed by atoms with Crippen LogP contribution in [0.5, 0.6) is 0 Å². The maximum atomic E-state index is 12.2. The van der Waals surface area contributed by atoms with Crippen LogP contribution in [-0.2, 0) is 4.79 Å². The van der Waals surface area contributed by atoms with Gasteiger partial charge in [-0.1, -0.05) is 38.1 Å². The summed E-state index contributed by atoms with van der Waals surface area (Å²) in [6.45, 7) is 9.00. The number of halogens is 1. The molecule has 0 bridgehead atoms. The lowest BCUT2D eigenvalue weighted by Crippen LogP contribution is -2.39. The first kappa shape index (κ1) is 23.8. The Labute approximate surface area is 204 Å². The lowest BCUT2D eigenvalue weighted by Gasteiger charge is -2.28. The van der Waals surface area contributed by atoms with E-state index < -0.39 is 0 Å². The molecule has 2 aromatic heterocycles. The predicted octanol–water partition coefficient (Wildman–Crippen LogP) is 4.54. The van der Waals surface area contributed by atoms with Crippen LogP contribution in [0.3, 0.4) is 0 Å². The summed E-state index contributed by atoms with van der Waals surface area (Å²) < 4.78 is 1.77. The van der Waals surface area contributed by atoms with Crippen molar-refractivity contribution in [2.45, 2.75) is 26.3 Å². The van der Waals surface area contributed by atoms with E-state index in [1.807, 2.05) is 36.4 Å². The van der Waals surface area contributed by atoms with Crippen LogP contribution in [0.4, 0.5) is 17.3 Å². The van der Waals surface area contributed by atoms with Gasteiger partial charge in [-0.05, 0) is 44.3 Å². The number of hydrogen-bond donors (Lipinski definition) is 3. The molecule has 178 valence electrons. The molecule has 8 nitrogen and oxygen atoms in total. The molecule has 1 amide bonds. The van der Waals surface area contributed by atoms with Gasteiger partial charge >= 0.3 is 0 Å². The van der Waals surface area contributed by atoms with Crippen LogP contribution in [0.25, 0.3) is 11.7 Å². The average molecular weight is 480 g/mol. The molecule has 34 heavy (non-hydrogen) atoms. The van der Waals surface area contributed by atoms with E-state index in [4.69, 9.17) is 16.6 Å². The highest BCUT2D eigenvalue weighted by Gasteiger charge is 2.21. The molecule has 0 aliphatic carbocycles. The summed E-state index contributed by atoms with van der Waals surface area (Å²) in [6, 6.07) is 9.74. The quantitative estimate of drug-likeness (QED) is 0.411. The number of fused-ring (bicyclic) bond motifs is 1. The lowest BCUT2D eigenvalue weighted by atomic mass is 10.0. The summed E-state index contributed by atoms with van der Waals surface area (Å²) >= 11 is 6.17. The van der Waals surface area contributed by atoms with Crippen LogP contribution < -0.4 is 16.0 Å².